The van der Waals surface area contributed by atoms with Crippen LogP contribution < -0.4 is 5.32 Å². The zero-order valence-corrected chi connectivity index (χ0v) is 5.21. The van der Waals surface area contributed by atoms with Crippen LogP contribution in [-0.4, -0.2) is 36.5 Å². The number of hydrogen-bond donors (Lipinski definition) is 2. The van der Waals surface area contributed by atoms with Crippen LogP contribution in [0.15, 0.2) is 0 Å². The SMILES string of the molecule is OC[C@H]1OC[C@@H]2C[C@H]1N2. The summed E-state index contributed by atoms with van der Waals surface area (Å²) in [5, 5.41) is 12.0. The predicted molar refractivity (Wildman–Crippen MR) is 32.2 cm³/mol. The first-order valence-corrected chi connectivity index (χ1v) is 3.38. The maximum atomic E-state index is 8.72. The first-order valence-electron chi connectivity index (χ1n) is 3.38. The molecule has 3 nitrogen and oxygen atoms in total. The second-order valence-corrected chi connectivity index (χ2v) is 2.76. The Hall–Kier alpha value is -0.120. The van der Waals surface area contributed by atoms with Crippen molar-refractivity contribution in [3.8, 4) is 0 Å². The summed E-state index contributed by atoms with van der Waals surface area (Å²) >= 11 is 0. The lowest BCUT2D eigenvalue weighted by Gasteiger charge is -2.46. The number of fused-ring (bicyclic) bond motifs is 2. The molecule has 3 fully saturated rings. The number of morpholine rings is 1. The minimum Gasteiger partial charge on any atom is -0.394 e. The molecule has 3 aliphatic rings. The Balaban J connectivity index is 1.94. The largest absolute Gasteiger partial charge is 0.394 e. The van der Waals surface area contributed by atoms with Crippen molar-refractivity contribution in [2.75, 3.05) is 13.2 Å². The highest BCUT2D eigenvalue weighted by Crippen LogP contribution is 2.23. The maximum Gasteiger partial charge on any atom is 0.0959 e. The second-order valence-electron chi connectivity index (χ2n) is 2.76. The lowest BCUT2D eigenvalue weighted by atomic mass is 9.90. The molecule has 2 bridgehead atoms. The Bertz CT molecular complexity index is 109. The van der Waals surface area contributed by atoms with Crippen LogP contribution in [0.2, 0.25) is 0 Å². The molecule has 3 atom stereocenters. The lowest BCUT2D eigenvalue weighted by Crippen LogP contribution is -2.66. The van der Waals surface area contributed by atoms with Gasteiger partial charge in [0.25, 0.3) is 0 Å². The van der Waals surface area contributed by atoms with Gasteiger partial charge < -0.3 is 15.2 Å². The molecule has 3 rings (SSSR count). The van der Waals surface area contributed by atoms with Crippen molar-refractivity contribution in [1.29, 1.82) is 0 Å². The summed E-state index contributed by atoms with van der Waals surface area (Å²) in [7, 11) is 0. The van der Waals surface area contributed by atoms with E-state index in [0.717, 1.165) is 6.61 Å². The number of aliphatic hydroxyl groups excluding tert-OH is 1. The van der Waals surface area contributed by atoms with Crippen LogP contribution >= 0.6 is 0 Å². The smallest absolute Gasteiger partial charge is 0.0959 e. The van der Waals surface area contributed by atoms with Crippen LogP contribution in [0.1, 0.15) is 6.42 Å². The van der Waals surface area contributed by atoms with Crippen LogP contribution in [0, 0.1) is 0 Å². The number of aliphatic hydroxyl groups is 1. The Morgan fingerprint density at radius 3 is 2.78 bits per heavy atom. The van der Waals surface area contributed by atoms with E-state index in [1.165, 1.54) is 6.42 Å². The Morgan fingerprint density at radius 2 is 2.44 bits per heavy atom. The van der Waals surface area contributed by atoms with Crippen molar-refractivity contribution in [3.05, 3.63) is 0 Å². The van der Waals surface area contributed by atoms with E-state index in [1.54, 1.807) is 0 Å². The molecule has 0 aromatic rings. The van der Waals surface area contributed by atoms with Crippen LogP contribution in [0.5, 0.6) is 0 Å². The first kappa shape index (κ1) is 5.65. The van der Waals surface area contributed by atoms with E-state index < -0.39 is 0 Å². The topological polar surface area (TPSA) is 41.5 Å². The van der Waals surface area contributed by atoms with Crippen LogP contribution in [0.25, 0.3) is 0 Å². The van der Waals surface area contributed by atoms with Gasteiger partial charge in [-0.15, -0.1) is 0 Å². The molecule has 0 spiro atoms. The van der Waals surface area contributed by atoms with Gasteiger partial charge in [0.15, 0.2) is 0 Å². The summed E-state index contributed by atoms with van der Waals surface area (Å²) in [6, 6.07) is 1.02. The lowest BCUT2D eigenvalue weighted by molar-refractivity contribution is -0.102. The molecular weight excluding hydrogens is 118 g/mol. The highest BCUT2D eigenvalue weighted by molar-refractivity contribution is 4.97. The highest BCUT2D eigenvalue weighted by Gasteiger charge is 2.39. The molecule has 0 aromatic carbocycles. The molecule has 0 aromatic heterocycles. The van der Waals surface area contributed by atoms with E-state index in [2.05, 4.69) is 5.32 Å². The fraction of sp³-hybridized carbons (Fsp3) is 1.00. The molecule has 3 saturated heterocycles. The van der Waals surface area contributed by atoms with Crippen molar-refractivity contribution in [2.24, 2.45) is 0 Å². The van der Waals surface area contributed by atoms with Crippen molar-refractivity contribution >= 4 is 0 Å². The quantitative estimate of drug-likeness (QED) is 0.482. The maximum absolute atomic E-state index is 8.72. The Morgan fingerprint density at radius 1 is 1.67 bits per heavy atom. The molecule has 52 valence electrons. The van der Waals surface area contributed by atoms with Gasteiger partial charge in [-0.25, -0.2) is 0 Å². The molecule has 0 aliphatic carbocycles. The van der Waals surface area contributed by atoms with E-state index in [9.17, 15) is 0 Å². The first-order chi connectivity index (χ1) is 4.40. The molecule has 3 aliphatic heterocycles. The summed E-state index contributed by atoms with van der Waals surface area (Å²) in [5.41, 5.74) is 0. The van der Waals surface area contributed by atoms with Gasteiger partial charge in [-0.1, -0.05) is 0 Å². The average molecular weight is 129 g/mol. The van der Waals surface area contributed by atoms with Gasteiger partial charge >= 0.3 is 0 Å². The van der Waals surface area contributed by atoms with Crippen LogP contribution in [0.4, 0.5) is 0 Å². The normalized spacial score (nSPS) is 48.3. The Labute approximate surface area is 54.0 Å². The molecule has 0 amide bonds. The third-order valence-corrected chi connectivity index (χ3v) is 2.13. The van der Waals surface area contributed by atoms with E-state index in [0.29, 0.717) is 12.1 Å². The molecule has 9 heavy (non-hydrogen) atoms. The van der Waals surface area contributed by atoms with E-state index in [-0.39, 0.29) is 12.7 Å². The summed E-state index contributed by atoms with van der Waals surface area (Å²) in [6.07, 6.45) is 1.25. The van der Waals surface area contributed by atoms with Gasteiger partial charge in [0.2, 0.25) is 0 Å². The van der Waals surface area contributed by atoms with Crippen molar-refractivity contribution in [3.63, 3.8) is 0 Å². The van der Waals surface area contributed by atoms with Crippen molar-refractivity contribution < 1.29 is 9.84 Å². The monoisotopic (exact) mass is 129 g/mol. The molecule has 0 radical (unpaired) electrons. The molecule has 0 saturated carbocycles. The van der Waals surface area contributed by atoms with Crippen LogP contribution in [0.3, 0.4) is 0 Å². The van der Waals surface area contributed by atoms with E-state index >= 15 is 0 Å². The van der Waals surface area contributed by atoms with Crippen molar-refractivity contribution in [1.82, 2.24) is 5.32 Å². The summed E-state index contributed by atoms with van der Waals surface area (Å²) < 4.78 is 5.28. The van der Waals surface area contributed by atoms with E-state index in [4.69, 9.17) is 9.84 Å². The number of nitrogens with one attached hydrogen (secondary N) is 1. The van der Waals surface area contributed by atoms with E-state index in [1.807, 2.05) is 0 Å². The van der Waals surface area contributed by atoms with Crippen LogP contribution in [-0.2, 0) is 4.74 Å². The number of ether oxygens (including phenoxy) is 1. The standard InChI is InChI=1S/C6H11NO2/c8-2-6-5-1-4(7-5)3-9-6/h4-8H,1-3H2/t4-,5+,6+/m0/s1. The second kappa shape index (κ2) is 1.94. The zero-order chi connectivity index (χ0) is 6.27. The third kappa shape index (κ3) is 0.764. The Kier molecular flexibility index (Phi) is 1.22. The van der Waals surface area contributed by atoms with Crippen molar-refractivity contribution in [2.45, 2.75) is 24.6 Å². The number of hydrogen-bond acceptors (Lipinski definition) is 3. The summed E-state index contributed by atoms with van der Waals surface area (Å²) in [5.74, 6) is 0. The third-order valence-electron chi connectivity index (χ3n) is 2.13. The minimum absolute atomic E-state index is 0.0648. The highest BCUT2D eigenvalue weighted by atomic mass is 16.5. The molecular formula is C6H11NO2. The van der Waals surface area contributed by atoms with Gasteiger partial charge in [-0.3, -0.25) is 0 Å². The fourth-order valence-corrected chi connectivity index (χ4v) is 1.50. The van der Waals surface area contributed by atoms with Gasteiger partial charge in [-0.05, 0) is 6.42 Å². The molecule has 0 unspecified atom stereocenters. The van der Waals surface area contributed by atoms with Gasteiger partial charge in [-0.2, -0.15) is 0 Å². The zero-order valence-electron chi connectivity index (χ0n) is 5.21. The molecule has 3 heterocycles. The predicted octanol–water partition coefficient (Wildman–Crippen LogP) is -0.892. The summed E-state index contributed by atoms with van der Waals surface area (Å²) in [6.45, 7) is 0.937. The molecule has 3 heteroatoms. The minimum atomic E-state index is 0.0648. The van der Waals surface area contributed by atoms with Gasteiger partial charge in [0.1, 0.15) is 0 Å². The van der Waals surface area contributed by atoms with Gasteiger partial charge in [0.05, 0.1) is 19.3 Å². The summed E-state index contributed by atoms with van der Waals surface area (Å²) in [4.78, 5) is 0. The molecule has 2 N–H and O–H groups in total. The number of rotatable bonds is 1. The fourth-order valence-electron chi connectivity index (χ4n) is 1.50. The van der Waals surface area contributed by atoms with Gasteiger partial charge in [0, 0.05) is 12.1 Å². The average Bonchev–Trinajstić information content (AvgIpc) is 1.86.